The predicted octanol–water partition coefficient (Wildman–Crippen LogP) is 4.14. The summed E-state index contributed by atoms with van der Waals surface area (Å²) in [6, 6.07) is 11.2. The number of nitrogens with one attached hydrogen (secondary N) is 1. The van der Waals surface area contributed by atoms with Crippen molar-refractivity contribution in [2.24, 2.45) is 0 Å². The molecule has 0 spiro atoms. The highest BCUT2D eigenvalue weighted by atomic mass is 35.5. The minimum Gasteiger partial charge on any atom is -0.384 e. The van der Waals surface area contributed by atoms with Crippen molar-refractivity contribution >= 4 is 28.8 Å². The Hall–Kier alpha value is -1.36. The summed E-state index contributed by atoms with van der Waals surface area (Å²) in [4.78, 5) is 13.3. The van der Waals surface area contributed by atoms with Crippen LogP contribution < -0.4 is 5.32 Å². The lowest BCUT2D eigenvalue weighted by Gasteiger charge is -2.24. The van der Waals surface area contributed by atoms with Crippen LogP contribution in [0.15, 0.2) is 41.8 Å². The maximum Gasteiger partial charge on any atom is 0.220 e. The van der Waals surface area contributed by atoms with Gasteiger partial charge in [-0.05, 0) is 55.3 Å². The maximum absolute atomic E-state index is 11.9. The molecular formula is C18H22ClNO2S. The largest absolute Gasteiger partial charge is 0.384 e. The van der Waals surface area contributed by atoms with Crippen molar-refractivity contribution in [3.63, 3.8) is 0 Å². The predicted molar refractivity (Wildman–Crippen MR) is 95.9 cm³/mol. The molecule has 1 unspecified atom stereocenters. The maximum atomic E-state index is 11.9. The molecular weight excluding hydrogens is 330 g/mol. The van der Waals surface area contributed by atoms with E-state index in [1.807, 2.05) is 6.07 Å². The summed E-state index contributed by atoms with van der Waals surface area (Å²) in [6.07, 6.45) is 3.36. The number of halogens is 1. The zero-order valence-corrected chi connectivity index (χ0v) is 14.8. The molecule has 1 amide bonds. The van der Waals surface area contributed by atoms with Gasteiger partial charge in [0.1, 0.15) is 5.60 Å². The average molecular weight is 352 g/mol. The van der Waals surface area contributed by atoms with E-state index in [0.717, 1.165) is 24.8 Å². The summed E-state index contributed by atoms with van der Waals surface area (Å²) >= 11 is 7.60. The number of hydrogen-bond donors (Lipinski definition) is 2. The molecule has 0 aliphatic rings. The van der Waals surface area contributed by atoms with Gasteiger partial charge >= 0.3 is 0 Å². The van der Waals surface area contributed by atoms with E-state index in [1.165, 1.54) is 4.88 Å². The van der Waals surface area contributed by atoms with Gasteiger partial charge in [-0.25, -0.2) is 0 Å². The highest BCUT2D eigenvalue weighted by Crippen LogP contribution is 2.21. The Kier molecular flexibility index (Phi) is 6.63. The topological polar surface area (TPSA) is 49.3 Å². The van der Waals surface area contributed by atoms with Gasteiger partial charge in [0.05, 0.1) is 6.54 Å². The lowest BCUT2D eigenvalue weighted by molar-refractivity contribution is -0.122. The number of aliphatic hydroxyl groups is 1. The molecule has 0 fully saturated rings. The normalized spacial score (nSPS) is 13.5. The number of unbranched alkanes of at least 4 members (excludes halogenated alkanes) is 1. The lowest BCUT2D eigenvalue weighted by Crippen LogP contribution is -2.38. The average Bonchev–Trinajstić information content (AvgIpc) is 3.03. The molecule has 0 radical (unpaired) electrons. The molecule has 1 aromatic heterocycles. The first-order valence-corrected chi connectivity index (χ1v) is 9.01. The third-order valence-electron chi connectivity index (χ3n) is 3.75. The van der Waals surface area contributed by atoms with Crippen molar-refractivity contribution in [3.8, 4) is 0 Å². The first-order chi connectivity index (χ1) is 11.0. The number of carbonyl (C=O) groups is 1. The van der Waals surface area contributed by atoms with Crippen LogP contribution in [0.2, 0.25) is 5.02 Å². The van der Waals surface area contributed by atoms with Crippen LogP contribution >= 0.6 is 22.9 Å². The number of aryl methyl sites for hydroxylation is 1. The lowest BCUT2D eigenvalue weighted by atomic mass is 9.96. The van der Waals surface area contributed by atoms with Crippen LogP contribution in [0.4, 0.5) is 0 Å². The molecule has 0 saturated heterocycles. The molecule has 23 heavy (non-hydrogen) atoms. The number of hydrogen-bond acceptors (Lipinski definition) is 3. The number of carbonyl (C=O) groups excluding carboxylic acids is 1. The number of amides is 1. The van der Waals surface area contributed by atoms with Gasteiger partial charge in [-0.15, -0.1) is 11.3 Å². The molecule has 1 atom stereocenters. The summed E-state index contributed by atoms with van der Waals surface area (Å²) in [5, 5.41) is 16.0. The fraction of sp³-hybridized carbons (Fsp3) is 0.389. The van der Waals surface area contributed by atoms with Crippen LogP contribution in [0.1, 0.15) is 36.6 Å². The van der Waals surface area contributed by atoms with Crippen molar-refractivity contribution in [1.29, 1.82) is 0 Å². The summed E-state index contributed by atoms with van der Waals surface area (Å²) in [5.41, 5.74) is -0.364. The Morgan fingerprint density at radius 3 is 2.65 bits per heavy atom. The number of rotatable bonds is 8. The van der Waals surface area contributed by atoms with E-state index in [0.29, 0.717) is 11.4 Å². The molecule has 0 aliphatic carbocycles. The molecule has 0 aliphatic heterocycles. The van der Waals surface area contributed by atoms with E-state index < -0.39 is 5.60 Å². The zero-order valence-electron chi connectivity index (χ0n) is 13.2. The fourth-order valence-corrected chi connectivity index (χ4v) is 3.19. The van der Waals surface area contributed by atoms with Crippen molar-refractivity contribution in [3.05, 3.63) is 57.2 Å². The first kappa shape index (κ1) is 18.0. The second-order valence-electron chi connectivity index (χ2n) is 5.84. The Balaban J connectivity index is 1.69. The minimum absolute atomic E-state index is 0.0228. The molecule has 124 valence electrons. The standard InChI is InChI=1S/C18H22ClNO2S/c1-18(22,14-8-10-15(19)11-9-14)13-20-17(21)7-3-2-5-16-6-4-12-23-16/h4,6,8-12,22H,2-3,5,7,13H2,1H3,(H,20,21). The van der Waals surface area contributed by atoms with Gasteiger partial charge in [0.2, 0.25) is 5.91 Å². The Morgan fingerprint density at radius 2 is 2.00 bits per heavy atom. The van der Waals surface area contributed by atoms with E-state index in [4.69, 9.17) is 11.6 Å². The van der Waals surface area contributed by atoms with E-state index in [1.54, 1.807) is 42.5 Å². The Bertz CT molecular complexity index is 608. The number of benzene rings is 1. The number of thiophene rings is 1. The first-order valence-electron chi connectivity index (χ1n) is 7.75. The molecule has 1 heterocycles. The summed E-state index contributed by atoms with van der Waals surface area (Å²) in [7, 11) is 0. The molecule has 2 rings (SSSR count). The minimum atomic E-state index is -1.10. The Morgan fingerprint density at radius 1 is 1.26 bits per heavy atom. The van der Waals surface area contributed by atoms with Crippen LogP contribution in [0.25, 0.3) is 0 Å². The molecule has 3 nitrogen and oxygen atoms in total. The molecule has 0 saturated carbocycles. The van der Waals surface area contributed by atoms with Crippen LogP contribution in [0.3, 0.4) is 0 Å². The highest BCUT2D eigenvalue weighted by molar-refractivity contribution is 7.09. The van der Waals surface area contributed by atoms with E-state index in [-0.39, 0.29) is 12.5 Å². The third-order valence-corrected chi connectivity index (χ3v) is 4.94. The highest BCUT2D eigenvalue weighted by Gasteiger charge is 2.23. The molecule has 2 N–H and O–H groups in total. The van der Waals surface area contributed by atoms with Gasteiger partial charge in [-0.3, -0.25) is 4.79 Å². The summed E-state index contributed by atoms with van der Waals surface area (Å²) in [6.45, 7) is 1.88. The van der Waals surface area contributed by atoms with Crippen molar-refractivity contribution < 1.29 is 9.90 Å². The monoisotopic (exact) mass is 351 g/mol. The van der Waals surface area contributed by atoms with Crippen LogP contribution in [0.5, 0.6) is 0 Å². The van der Waals surface area contributed by atoms with Gasteiger partial charge in [-0.2, -0.15) is 0 Å². The molecule has 5 heteroatoms. The van der Waals surface area contributed by atoms with E-state index in [9.17, 15) is 9.90 Å². The fourth-order valence-electron chi connectivity index (χ4n) is 2.31. The molecule has 0 bridgehead atoms. The smallest absolute Gasteiger partial charge is 0.220 e. The van der Waals surface area contributed by atoms with Crippen molar-refractivity contribution in [2.45, 2.75) is 38.2 Å². The van der Waals surface area contributed by atoms with Gasteiger partial charge in [0.15, 0.2) is 0 Å². The van der Waals surface area contributed by atoms with E-state index in [2.05, 4.69) is 16.8 Å². The summed E-state index contributed by atoms with van der Waals surface area (Å²) in [5.74, 6) is -0.0228. The van der Waals surface area contributed by atoms with Crippen molar-refractivity contribution in [1.82, 2.24) is 5.32 Å². The SMILES string of the molecule is CC(O)(CNC(=O)CCCCc1cccs1)c1ccc(Cl)cc1. The van der Waals surface area contributed by atoms with Gasteiger partial charge < -0.3 is 10.4 Å². The second-order valence-corrected chi connectivity index (χ2v) is 7.31. The second kappa shape index (κ2) is 8.48. The van der Waals surface area contributed by atoms with Crippen LogP contribution in [0, 0.1) is 0 Å². The van der Waals surface area contributed by atoms with Crippen LogP contribution in [-0.2, 0) is 16.8 Å². The van der Waals surface area contributed by atoms with Gasteiger partial charge in [-0.1, -0.05) is 29.8 Å². The third kappa shape index (κ3) is 5.98. The van der Waals surface area contributed by atoms with Crippen LogP contribution in [-0.4, -0.2) is 17.6 Å². The van der Waals surface area contributed by atoms with Gasteiger partial charge in [0.25, 0.3) is 0 Å². The van der Waals surface area contributed by atoms with Crippen molar-refractivity contribution in [2.75, 3.05) is 6.54 Å². The molecule has 1 aromatic carbocycles. The Labute approximate surface area is 146 Å². The summed E-state index contributed by atoms with van der Waals surface area (Å²) < 4.78 is 0. The van der Waals surface area contributed by atoms with E-state index >= 15 is 0 Å². The zero-order chi connectivity index (χ0) is 16.7. The quantitative estimate of drug-likeness (QED) is 0.702. The van der Waals surface area contributed by atoms with Gasteiger partial charge in [0, 0.05) is 16.3 Å². The molecule has 2 aromatic rings.